The molecule has 0 atom stereocenters. The number of nitrogens with one attached hydrogen (secondary N) is 2. The van der Waals surface area contributed by atoms with Crippen molar-refractivity contribution in [1.82, 2.24) is 15.6 Å². The molecule has 0 spiro atoms. The van der Waals surface area contributed by atoms with Gasteiger partial charge >= 0.3 is 0 Å². The molecular formula is C11H18N4O. The minimum absolute atomic E-state index is 0.0875. The Labute approximate surface area is 95.4 Å². The summed E-state index contributed by atoms with van der Waals surface area (Å²) in [7, 11) is 1.90. The second-order valence-corrected chi connectivity index (χ2v) is 3.50. The average Bonchev–Trinajstić information content (AvgIpc) is 2.29. The Bertz CT molecular complexity index is 323. The molecule has 88 valence electrons. The maximum atomic E-state index is 11.7. The van der Waals surface area contributed by atoms with Crippen LogP contribution in [-0.2, 0) is 0 Å². The molecular weight excluding hydrogens is 204 g/mol. The average molecular weight is 222 g/mol. The summed E-state index contributed by atoms with van der Waals surface area (Å²) in [5.41, 5.74) is 6.06. The summed E-state index contributed by atoms with van der Waals surface area (Å²) in [6, 6.07) is 3.35. The number of likely N-dealkylation sites (N-methyl/N-ethyl adjacent to an activating group) is 1. The van der Waals surface area contributed by atoms with Crippen LogP contribution in [0.25, 0.3) is 0 Å². The van der Waals surface area contributed by atoms with Crippen molar-refractivity contribution in [3.05, 3.63) is 23.9 Å². The molecule has 4 N–H and O–H groups in total. The third kappa shape index (κ3) is 4.37. The summed E-state index contributed by atoms with van der Waals surface area (Å²) in [5, 5.41) is 6.19. The first-order chi connectivity index (χ1) is 7.74. The van der Waals surface area contributed by atoms with Crippen LogP contribution in [0.3, 0.4) is 0 Å². The number of ketones is 1. The number of hydrogen-bond acceptors (Lipinski definition) is 5. The van der Waals surface area contributed by atoms with Crippen molar-refractivity contribution in [1.29, 1.82) is 0 Å². The highest BCUT2D eigenvalue weighted by Gasteiger charge is 2.04. The summed E-state index contributed by atoms with van der Waals surface area (Å²) >= 11 is 0. The van der Waals surface area contributed by atoms with Crippen LogP contribution in [0.2, 0.25) is 0 Å². The number of pyridine rings is 1. The van der Waals surface area contributed by atoms with Gasteiger partial charge in [0.1, 0.15) is 5.82 Å². The molecule has 0 unspecified atom stereocenters. The first-order valence-electron chi connectivity index (χ1n) is 5.34. The zero-order valence-electron chi connectivity index (χ0n) is 9.49. The van der Waals surface area contributed by atoms with Gasteiger partial charge in [-0.15, -0.1) is 0 Å². The summed E-state index contributed by atoms with van der Waals surface area (Å²) in [4.78, 5) is 15.5. The number of aromatic nitrogens is 1. The van der Waals surface area contributed by atoms with Gasteiger partial charge in [0.15, 0.2) is 5.78 Å². The number of nitrogens with two attached hydrogens (primary N) is 1. The summed E-state index contributed by atoms with van der Waals surface area (Å²) < 4.78 is 0. The lowest BCUT2D eigenvalue weighted by molar-refractivity contribution is 0.0982. The van der Waals surface area contributed by atoms with Crippen LogP contribution in [0, 0.1) is 0 Å². The molecule has 1 rings (SSSR count). The van der Waals surface area contributed by atoms with E-state index in [1.165, 1.54) is 6.20 Å². The van der Waals surface area contributed by atoms with E-state index in [0.29, 0.717) is 24.3 Å². The van der Waals surface area contributed by atoms with Gasteiger partial charge in [-0.3, -0.25) is 4.79 Å². The first kappa shape index (κ1) is 12.6. The van der Waals surface area contributed by atoms with Gasteiger partial charge in [0.25, 0.3) is 0 Å². The SMILES string of the molecule is CNCCNCCC(=O)c1ccc(N)nc1. The van der Waals surface area contributed by atoms with Gasteiger partial charge in [-0.25, -0.2) is 4.98 Å². The van der Waals surface area contributed by atoms with E-state index in [0.717, 1.165) is 13.1 Å². The Hall–Kier alpha value is -1.46. The predicted molar refractivity (Wildman–Crippen MR) is 64.4 cm³/mol. The number of nitrogens with zero attached hydrogens (tertiary/aromatic N) is 1. The summed E-state index contributed by atoms with van der Waals surface area (Å²) in [6.45, 7) is 2.45. The summed E-state index contributed by atoms with van der Waals surface area (Å²) in [5.74, 6) is 0.521. The van der Waals surface area contributed by atoms with Crippen molar-refractivity contribution in [3.63, 3.8) is 0 Å². The molecule has 1 heterocycles. The van der Waals surface area contributed by atoms with Crippen LogP contribution in [0.15, 0.2) is 18.3 Å². The lowest BCUT2D eigenvalue weighted by atomic mass is 10.1. The van der Waals surface area contributed by atoms with Gasteiger partial charge in [0, 0.05) is 37.8 Å². The van der Waals surface area contributed by atoms with Crippen LogP contribution in [-0.4, -0.2) is 37.4 Å². The molecule has 0 aliphatic rings. The Morgan fingerprint density at radius 1 is 1.38 bits per heavy atom. The van der Waals surface area contributed by atoms with E-state index in [9.17, 15) is 4.79 Å². The van der Waals surface area contributed by atoms with Crippen molar-refractivity contribution >= 4 is 11.6 Å². The van der Waals surface area contributed by atoms with Gasteiger partial charge in [0.05, 0.1) is 0 Å². The molecule has 0 saturated carbocycles. The number of hydrogen-bond donors (Lipinski definition) is 3. The fourth-order valence-electron chi connectivity index (χ4n) is 1.25. The molecule has 0 saturated heterocycles. The smallest absolute Gasteiger partial charge is 0.165 e. The Kier molecular flexibility index (Phi) is 5.45. The largest absolute Gasteiger partial charge is 0.384 e. The van der Waals surface area contributed by atoms with Gasteiger partial charge in [-0.05, 0) is 19.2 Å². The second kappa shape index (κ2) is 6.92. The van der Waals surface area contributed by atoms with Crippen LogP contribution in [0.5, 0.6) is 0 Å². The first-order valence-corrected chi connectivity index (χ1v) is 5.34. The van der Waals surface area contributed by atoms with Crippen molar-refractivity contribution in [2.24, 2.45) is 0 Å². The van der Waals surface area contributed by atoms with E-state index in [4.69, 9.17) is 5.73 Å². The molecule has 0 aliphatic heterocycles. The number of carbonyl (C=O) groups is 1. The molecule has 0 fully saturated rings. The summed E-state index contributed by atoms with van der Waals surface area (Å²) in [6.07, 6.45) is 2.00. The fraction of sp³-hybridized carbons (Fsp3) is 0.455. The third-order valence-corrected chi connectivity index (χ3v) is 2.19. The maximum Gasteiger partial charge on any atom is 0.165 e. The van der Waals surface area contributed by atoms with Crippen LogP contribution in [0.4, 0.5) is 5.82 Å². The molecule has 0 radical (unpaired) electrons. The molecule has 0 aromatic carbocycles. The Morgan fingerprint density at radius 2 is 2.19 bits per heavy atom. The van der Waals surface area contributed by atoms with E-state index in [2.05, 4.69) is 15.6 Å². The topological polar surface area (TPSA) is 80.0 Å². The standard InChI is InChI=1S/C11H18N4O/c1-13-6-7-14-5-4-10(16)9-2-3-11(12)15-8-9/h2-3,8,13-14H,4-7H2,1H3,(H2,12,15). The molecule has 0 bridgehead atoms. The highest BCUT2D eigenvalue weighted by Crippen LogP contribution is 2.03. The lowest BCUT2D eigenvalue weighted by Crippen LogP contribution is -2.26. The Balaban J connectivity index is 2.27. The minimum atomic E-state index is 0.0875. The fourth-order valence-corrected chi connectivity index (χ4v) is 1.25. The maximum absolute atomic E-state index is 11.7. The highest BCUT2D eigenvalue weighted by atomic mass is 16.1. The monoisotopic (exact) mass is 222 g/mol. The van der Waals surface area contributed by atoms with E-state index < -0.39 is 0 Å². The normalized spacial score (nSPS) is 10.3. The van der Waals surface area contributed by atoms with Crippen LogP contribution in [0.1, 0.15) is 16.8 Å². The Morgan fingerprint density at radius 3 is 2.81 bits per heavy atom. The minimum Gasteiger partial charge on any atom is -0.384 e. The number of nitrogen functional groups attached to an aromatic ring is 1. The van der Waals surface area contributed by atoms with Crippen molar-refractivity contribution in [2.45, 2.75) is 6.42 Å². The van der Waals surface area contributed by atoms with Crippen molar-refractivity contribution < 1.29 is 4.79 Å². The van der Waals surface area contributed by atoms with Gasteiger partial charge in [-0.1, -0.05) is 0 Å². The van der Waals surface area contributed by atoms with Gasteiger partial charge in [-0.2, -0.15) is 0 Å². The van der Waals surface area contributed by atoms with Gasteiger partial charge < -0.3 is 16.4 Å². The second-order valence-electron chi connectivity index (χ2n) is 3.50. The molecule has 16 heavy (non-hydrogen) atoms. The third-order valence-electron chi connectivity index (χ3n) is 2.19. The van der Waals surface area contributed by atoms with Gasteiger partial charge in [0.2, 0.25) is 0 Å². The zero-order valence-corrected chi connectivity index (χ0v) is 9.49. The molecule has 5 nitrogen and oxygen atoms in total. The number of Topliss-reactive ketones (excluding diaryl/α,β-unsaturated/α-hetero) is 1. The number of carbonyl (C=O) groups excluding carboxylic acids is 1. The molecule has 0 aliphatic carbocycles. The van der Waals surface area contributed by atoms with Crippen LogP contribution >= 0.6 is 0 Å². The highest BCUT2D eigenvalue weighted by molar-refractivity contribution is 5.96. The zero-order chi connectivity index (χ0) is 11.8. The predicted octanol–water partition coefficient (Wildman–Crippen LogP) is 0.0456. The van der Waals surface area contributed by atoms with Crippen molar-refractivity contribution in [3.8, 4) is 0 Å². The molecule has 5 heteroatoms. The van der Waals surface area contributed by atoms with E-state index >= 15 is 0 Å². The molecule has 1 aromatic rings. The number of anilines is 1. The van der Waals surface area contributed by atoms with Crippen molar-refractivity contribution in [2.75, 3.05) is 32.4 Å². The van der Waals surface area contributed by atoms with E-state index in [1.54, 1.807) is 12.1 Å². The molecule has 0 amide bonds. The van der Waals surface area contributed by atoms with E-state index in [-0.39, 0.29) is 5.78 Å². The number of rotatable bonds is 7. The van der Waals surface area contributed by atoms with E-state index in [1.807, 2.05) is 7.05 Å². The lowest BCUT2D eigenvalue weighted by Gasteiger charge is -2.03. The van der Waals surface area contributed by atoms with Crippen LogP contribution < -0.4 is 16.4 Å². The quantitative estimate of drug-likeness (QED) is 0.448. The molecule has 1 aromatic heterocycles.